The molecule has 0 amide bonds. The molecule has 3 rings (SSSR count). The number of hydrogen-bond donors (Lipinski definition) is 0. The van der Waals surface area contributed by atoms with Crippen molar-refractivity contribution in [1.29, 1.82) is 0 Å². The Morgan fingerprint density at radius 1 is 1.03 bits per heavy atom. The van der Waals surface area contributed by atoms with Gasteiger partial charge in [0.25, 0.3) is 0 Å². The van der Waals surface area contributed by atoms with E-state index < -0.39 is 17.6 Å². The summed E-state index contributed by atoms with van der Waals surface area (Å²) in [4.78, 5) is 0. The Morgan fingerprint density at radius 3 is 2.38 bits per heavy atom. The molecule has 1 aliphatic rings. The van der Waals surface area contributed by atoms with Crippen LogP contribution in [0.25, 0.3) is 11.1 Å². The van der Waals surface area contributed by atoms with Crippen molar-refractivity contribution in [1.82, 2.24) is 0 Å². The van der Waals surface area contributed by atoms with E-state index in [9.17, 15) is 13.2 Å². The van der Waals surface area contributed by atoms with Crippen LogP contribution in [0.3, 0.4) is 0 Å². The molecule has 32 heavy (non-hydrogen) atoms. The summed E-state index contributed by atoms with van der Waals surface area (Å²) in [7, 11) is 0. The number of ether oxygens (including phenoxy) is 1. The molecule has 0 N–H and O–H groups in total. The Kier molecular flexibility index (Phi) is 8.52. The molecule has 0 bridgehead atoms. The Morgan fingerprint density at radius 2 is 1.78 bits per heavy atom. The minimum Gasteiger partial charge on any atom is -0.378 e. The highest BCUT2D eigenvalue weighted by Crippen LogP contribution is 2.40. The van der Waals surface area contributed by atoms with Gasteiger partial charge >= 0.3 is 6.18 Å². The summed E-state index contributed by atoms with van der Waals surface area (Å²) >= 11 is 0. The van der Waals surface area contributed by atoms with E-state index in [4.69, 9.17) is 4.74 Å². The van der Waals surface area contributed by atoms with Gasteiger partial charge in [-0.1, -0.05) is 55.8 Å². The standard InChI is InChI=1S/C27H32F4O/c1-3-5-7-19-8-11-21(12-9-19)24-17-14-22(26(28)25(24)27(29,30)31)13-16-23-15-10-20(6-4-2)18-32-23/h3,8-9,11-12,14,17,20,23H,1,4-7,10,13,15-16,18H2,2H3. The molecule has 0 aromatic heterocycles. The topological polar surface area (TPSA) is 9.23 Å². The van der Waals surface area contributed by atoms with Gasteiger partial charge in [0.15, 0.2) is 0 Å². The van der Waals surface area contributed by atoms with Crippen LogP contribution in [-0.4, -0.2) is 12.7 Å². The normalized spacial score (nSPS) is 19.2. The van der Waals surface area contributed by atoms with E-state index in [0.717, 1.165) is 44.1 Å². The third-order valence-corrected chi connectivity index (χ3v) is 6.30. The average molecular weight is 449 g/mol. The van der Waals surface area contributed by atoms with E-state index in [1.54, 1.807) is 30.3 Å². The third kappa shape index (κ3) is 6.22. The van der Waals surface area contributed by atoms with Crippen molar-refractivity contribution in [3.05, 3.63) is 71.6 Å². The smallest absolute Gasteiger partial charge is 0.378 e. The van der Waals surface area contributed by atoms with Crippen LogP contribution in [-0.2, 0) is 23.8 Å². The average Bonchev–Trinajstić information content (AvgIpc) is 2.77. The van der Waals surface area contributed by atoms with E-state index in [1.165, 1.54) is 12.1 Å². The van der Waals surface area contributed by atoms with Crippen LogP contribution in [0.5, 0.6) is 0 Å². The number of alkyl halides is 3. The van der Waals surface area contributed by atoms with Crippen molar-refractivity contribution < 1.29 is 22.3 Å². The summed E-state index contributed by atoms with van der Waals surface area (Å²) in [6.45, 7) is 6.52. The van der Waals surface area contributed by atoms with E-state index in [0.29, 0.717) is 24.5 Å². The molecule has 1 saturated heterocycles. The van der Waals surface area contributed by atoms with Gasteiger partial charge in [-0.05, 0) is 73.1 Å². The first-order valence-corrected chi connectivity index (χ1v) is 11.5. The molecule has 2 aromatic carbocycles. The maximum atomic E-state index is 15.1. The van der Waals surface area contributed by atoms with Gasteiger partial charge in [-0.3, -0.25) is 0 Å². The van der Waals surface area contributed by atoms with Crippen molar-refractivity contribution in [2.45, 2.75) is 70.6 Å². The molecular formula is C27H32F4O. The zero-order valence-electron chi connectivity index (χ0n) is 18.7. The van der Waals surface area contributed by atoms with Crippen LogP contribution in [0.1, 0.15) is 62.1 Å². The summed E-state index contributed by atoms with van der Waals surface area (Å²) in [6.07, 6.45) is 3.54. The van der Waals surface area contributed by atoms with E-state index in [2.05, 4.69) is 13.5 Å². The minimum absolute atomic E-state index is 0.0142. The molecule has 174 valence electrons. The van der Waals surface area contributed by atoms with Gasteiger partial charge in [0.2, 0.25) is 0 Å². The number of allylic oxidation sites excluding steroid dienone is 1. The van der Waals surface area contributed by atoms with Crippen LogP contribution in [0.2, 0.25) is 0 Å². The van der Waals surface area contributed by atoms with Gasteiger partial charge in [0.05, 0.1) is 11.7 Å². The van der Waals surface area contributed by atoms with Gasteiger partial charge in [-0.25, -0.2) is 4.39 Å². The van der Waals surface area contributed by atoms with Crippen LogP contribution in [0.15, 0.2) is 49.1 Å². The SMILES string of the molecule is C=CCCc1ccc(-c2ccc(CCC3CCC(CCC)CO3)c(F)c2C(F)(F)F)cc1. The number of halogens is 4. The minimum atomic E-state index is -4.77. The molecule has 2 atom stereocenters. The van der Waals surface area contributed by atoms with E-state index >= 15 is 4.39 Å². The van der Waals surface area contributed by atoms with Crippen LogP contribution >= 0.6 is 0 Å². The summed E-state index contributed by atoms with van der Waals surface area (Å²) in [5, 5.41) is 0. The van der Waals surface area contributed by atoms with Crippen LogP contribution in [0, 0.1) is 11.7 Å². The first-order valence-electron chi connectivity index (χ1n) is 11.5. The first kappa shape index (κ1) is 24.5. The van der Waals surface area contributed by atoms with Gasteiger partial charge in [0.1, 0.15) is 5.82 Å². The molecule has 1 heterocycles. The van der Waals surface area contributed by atoms with Crippen molar-refractivity contribution in [3.8, 4) is 11.1 Å². The van der Waals surface area contributed by atoms with Crippen molar-refractivity contribution in [3.63, 3.8) is 0 Å². The maximum absolute atomic E-state index is 15.1. The number of rotatable bonds is 9. The lowest BCUT2D eigenvalue weighted by Gasteiger charge is -2.29. The summed E-state index contributed by atoms with van der Waals surface area (Å²) in [5.41, 5.74) is 0.172. The van der Waals surface area contributed by atoms with E-state index in [-0.39, 0.29) is 23.7 Å². The fraction of sp³-hybridized carbons (Fsp3) is 0.481. The molecule has 2 aromatic rings. The third-order valence-electron chi connectivity index (χ3n) is 6.30. The lowest BCUT2D eigenvalue weighted by Crippen LogP contribution is -2.26. The fourth-order valence-electron chi connectivity index (χ4n) is 4.49. The molecule has 1 aliphatic heterocycles. The highest BCUT2D eigenvalue weighted by molar-refractivity contribution is 5.69. The summed E-state index contributed by atoms with van der Waals surface area (Å²) < 4.78 is 62.6. The van der Waals surface area contributed by atoms with Gasteiger partial charge in [-0.15, -0.1) is 6.58 Å². The molecule has 0 aliphatic carbocycles. The molecule has 0 radical (unpaired) electrons. The lowest BCUT2D eigenvalue weighted by molar-refractivity contribution is -0.139. The highest BCUT2D eigenvalue weighted by atomic mass is 19.4. The van der Waals surface area contributed by atoms with Gasteiger partial charge in [-0.2, -0.15) is 13.2 Å². The molecule has 2 unspecified atom stereocenters. The van der Waals surface area contributed by atoms with Gasteiger partial charge < -0.3 is 4.74 Å². The first-order chi connectivity index (χ1) is 15.3. The second-order valence-corrected chi connectivity index (χ2v) is 8.71. The Balaban J connectivity index is 1.77. The maximum Gasteiger partial charge on any atom is 0.419 e. The molecule has 1 fully saturated rings. The molecule has 0 saturated carbocycles. The van der Waals surface area contributed by atoms with Crippen molar-refractivity contribution in [2.24, 2.45) is 5.92 Å². The van der Waals surface area contributed by atoms with Crippen molar-refractivity contribution in [2.75, 3.05) is 6.61 Å². The Bertz CT molecular complexity index is 878. The summed E-state index contributed by atoms with van der Waals surface area (Å²) in [5.74, 6) is -0.599. The molecule has 5 heteroatoms. The van der Waals surface area contributed by atoms with Crippen molar-refractivity contribution >= 4 is 0 Å². The largest absolute Gasteiger partial charge is 0.419 e. The predicted molar refractivity (Wildman–Crippen MR) is 121 cm³/mol. The lowest BCUT2D eigenvalue weighted by atomic mass is 9.91. The highest BCUT2D eigenvalue weighted by Gasteiger charge is 2.38. The van der Waals surface area contributed by atoms with Crippen LogP contribution in [0.4, 0.5) is 17.6 Å². The Hall–Kier alpha value is -2.14. The summed E-state index contributed by atoms with van der Waals surface area (Å²) in [6, 6.07) is 9.73. The predicted octanol–water partition coefficient (Wildman–Crippen LogP) is 8.16. The molecule has 0 spiro atoms. The zero-order chi connectivity index (χ0) is 23.1. The second kappa shape index (κ2) is 11.1. The second-order valence-electron chi connectivity index (χ2n) is 8.71. The van der Waals surface area contributed by atoms with Gasteiger partial charge in [0, 0.05) is 6.61 Å². The monoisotopic (exact) mass is 448 g/mol. The quantitative estimate of drug-likeness (QED) is 0.278. The number of benzene rings is 2. The van der Waals surface area contributed by atoms with Crippen LogP contribution < -0.4 is 0 Å². The molecule has 1 nitrogen and oxygen atoms in total. The molecular weight excluding hydrogens is 416 g/mol. The number of hydrogen-bond acceptors (Lipinski definition) is 1. The van der Waals surface area contributed by atoms with E-state index in [1.807, 2.05) is 0 Å². The Labute approximate surface area is 188 Å². The number of aryl methyl sites for hydroxylation is 2. The fourth-order valence-corrected chi connectivity index (χ4v) is 4.49. The zero-order valence-corrected chi connectivity index (χ0v) is 18.7.